The fourth-order valence-electron chi connectivity index (χ4n) is 2.54. The highest BCUT2D eigenvalue weighted by atomic mass is 35.5. The number of sulfonamides is 1. The van der Waals surface area contributed by atoms with E-state index in [9.17, 15) is 12.8 Å². The molecule has 3 rings (SSSR count). The smallest absolute Gasteiger partial charge is 0.250 e. The lowest BCUT2D eigenvalue weighted by molar-refractivity contribution is 0.505. The molecule has 0 radical (unpaired) electrons. The number of rotatable bonds is 5. The van der Waals surface area contributed by atoms with E-state index in [1.165, 1.54) is 18.2 Å². The van der Waals surface area contributed by atoms with E-state index in [4.69, 9.17) is 11.6 Å². The van der Waals surface area contributed by atoms with Crippen molar-refractivity contribution < 1.29 is 12.8 Å². The van der Waals surface area contributed by atoms with Gasteiger partial charge in [-0.1, -0.05) is 25.4 Å². The molecule has 0 bridgehead atoms. The zero-order valence-electron chi connectivity index (χ0n) is 13.1. The van der Waals surface area contributed by atoms with Crippen LogP contribution in [0, 0.1) is 5.82 Å². The highest BCUT2D eigenvalue weighted by molar-refractivity contribution is 7.91. The van der Waals surface area contributed by atoms with Gasteiger partial charge in [0.15, 0.2) is 0 Å². The van der Waals surface area contributed by atoms with Crippen molar-refractivity contribution in [1.82, 2.24) is 9.71 Å². The van der Waals surface area contributed by atoms with Crippen molar-refractivity contribution in [2.24, 2.45) is 0 Å². The minimum absolute atomic E-state index is 0.174. The summed E-state index contributed by atoms with van der Waals surface area (Å²) in [5.74, 6) is -0.326. The summed E-state index contributed by atoms with van der Waals surface area (Å²) in [6.45, 7) is 3.99. The first kappa shape index (κ1) is 17.4. The van der Waals surface area contributed by atoms with Crippen molar-refractivity contribution in [3.8, 4) is 0 Å². The third-order valence-electron chi connectivity index (χ3n) is 3.89. The molecular formula is C16H16ClFN2O2S2. The first-order chi connectivity index (χ1) is 11.2. The number of H-pyrrole nitrogens is 1. The molecule has 2 N–H and O–H groups in total. The summed E-state index contributed by atoms with van der Waals surface area (Å²) in [6.07, 6.45) is 1.79. The summed E-state index contributed by atoms with van der Waals surface area (Å²) >= 11 is 6.81. The van der Waals surface area contributed by atoms with Crippen LogP contribution in [-0.2, 0) is 15.4 Å². The molecule has 0 aliphatic carbocycles. The van der Waals surface area contributed by atoms with E-state index in [1.54, 1.807) is 18.3 Å². The van der Waals surface area contributed by atoms with Crippen LogP contribution in [-0.4, -0.2) is 19.9 Å². The van der Waals surface area contributed by atoms with Crippen molar-refractivity contribution in [3.63, 3.8) is 0 Å². The maximum atomic E-state index is 13.5. The third-order valence-corrected chi connectivity index (χ3v) is 7.01. The number of hydrogen-bond acceptors (Lipinski definition) is 3. The van der Waals surface area contributed by atoms with Crippen molar-refractivity contribution in [1.29, 1.82) is 0 Å². The number of halogens is 2. The van der Waals surface area contributed by atoms with E-state index < -0.39 is 15.4 Å². The van der Waals surface area contributed by atoms with Crippen molar-refractivity contribution in [3.05, 3.63) is 52.2 Å². The van der Waals surface area contributed by atoms with Gasteiger partial charge in [0.25, 0.3) is 0 Å². The molecule has 0 aliphatic rings. The summed E-state index contributed by atoms with van der Waals surface area (Å²) < 4.78 is 41.5. The molecule has 4 nitrogen and oxygen atoms in total. The molecule has 0 aliphatic heterocycles. The molecule has 2 heterocycles. The van der Waals surface area contributed by atoms with E-state index in [-0.39, 0.29) is 16.6 Å². The second-order valence-electron chi connectivity index (χ2n) is 6.16. The Morgan fingerprint density at radius 3 is 2.71 bits per heavy atom. The molecule has 0 unspecified atom stereocenters. The lowest BCUT2D eigenvalue weighted by Gasteiger charge is -2.24. The lowest BCUT2D eigenvalue weighted by Crippen LogP contribution is -2.36. The number of aromatic amines is 1. The van der Waals surface area contributed by atoms with Gasteiger partial charge >= 0.3 is 0 Å². The SMILES string of the molecule is CC(C)(CNS(=O)(=O)c1ccc(Cl)s1)c1c[nH]c2ccc(F)cc12. The summed E-state index contributed by atoms with van der Waals surface area (Å²) in [5.41, 5.74) is 1.14. The Labute approximate surface area is 148 Å². The quantitative estimate of drug-likeness (QED) is 0.687. The van der Waals surface area contributed by atoms with Gasteiger partial charge in [-0.25, -0.2) is 17.5 Å². The molecule has 0 amide bonds. The summed E-state index contributed by atoms with van der Waals surface area (Å²) in [5, 5.41) is 0.748. The van der Waals surface area contributed by atoms with Gasteiger partial charge in [0.2, 0.25) is 10.0 Å². The molecule has 24 heavy (non-hydrogen) atoms. The molecule has 0 fully saturated rings. The van der Waals surface area contributed by atoms with E-state index in [2.05, 4.69) is 9.71 Å². The predicted molar refractivity (Wildman–Crippen MR) is 95.8 cm³/mol. The molecule has 3 aromatic rings. The molecule has 0 atom stereocenters. The molecular weight excluding hydrogens is 371 g/mol. The van der Waals surface area contributed by atoms with Gasteiger partial charge < -0.3 is 4.98 Å². The molecule has 2 aromatic heterocycles. The normalized spacial score (nSPS) is 12.8. The Hall–Kier alpha value is -1.41. The number of fused-ring (bicyclic) bond motifs is 1. The topological polar surface area (TPSA) is 62.0 Å². The number of aromatic nitrogens is 1. The minimum Gasteiger partial charge on any atom is -0.361 e. The van der Waals surface area contributed by atoms with Crippen LogP contribution in [0.3, 0.4) is 0 Å². The first-order valence-electron chi connectivity index (χ1n) is 7.21. The van der Waals surface area contributed by atoms with Crippen LogP contribution in [0.25, 0.3) is 10.9 Å². The second-order valence-corrected chi connectivity index (χ2v) is 9.87. The van der Waals surface area contributed by atoms with Gasteiger partial charge in [-0.15, -0.1) is 11.3 Å². The fraction of sp³-hybridized carbons (Fsp3) is 0.250. The van der Waals surface area contributed by atoms with Crippen LogP contribution < -0.4 is 4.72 Å². The maximum Gasteiger partial charge on any atom is 0.250 e. The largest absolute Gasteiger partial charge is 0.361 e. The zero-order chi connectivity index (χ0) is 17.5. The Morgan fingerprint density at radius 1 is 1.29 bits per heavy atom. The highest BCUT2D eigenvalue weighted by Gasteiger charge is 2.27. The molecule has 8 heteroatoms. The molecule has 0 saturated heterocycles. The maximum absolute atomic E-state index is 13.5. The van der Waals surface area contributed by atoms with Crippen molar-refractivity contribution in [2.45, 2.75) is 23.5 Å². The average Bonchev–Trinajstić information content (AvgIpc) is 3.12. The molecule has 128 valence electrons. The van der Waals surface area contributed by atoms with Crippen molar-refractivity contribution in [2.75, 3.05) is 6.54 Å². The minimum atomic E-state index is -3.63. The first-order valence-corrected chi connectivity index (χ1v) is 9.89. The summed E-state index contributed by atoms with van der Waals surface area (Å²) in [7, 11) is -3.63. The Balaban J connectivity index is 1.86. The number of hydrogen-bond donors (Lipinski definition) is 2. The second kappa shape index (κ2) is 6.15. The van der Waals surface area contributed by atoms with E-state index >= 15 is 0 Å². The van der Waals surface area contributed by atoms with Gasteiger partial charge in [-0.3, -0.25) is 0 Å². The van der Waals surface area contributed by atoms with Crippen LogP contribution in [0.5, 0.6) is 0 Å². The van der Waals surface area contributed by atoms with Gasteiger partial charge in [0, 0.05) is 29.1 Å². The van der Waals surface area contributed by atoms with Gasteiger partial charge in [0.05, 0.1) is 4.34 Å². The standard InChI is InChI=1S/C16H16ClFN2O2S2/c1-16(2,9-20-24(21,22)15-6-5-14(17)23-15)12-8-19-13-4-3-10(18)7-11(12)13/h3-8,19-20H,9H2,1-2H3. The average molecular weight is 387 g/mol. The summed E-state index contributed by atoms with van der Waals surface area (Å²) in [6, 6.07) is 7.54. The van der Waals surface area contributed by atoms with Crippen LogP contribution in [0.2, 0.25) is 4.34 Å². The molecule has 0 saturated carbocycles. The van der Waals surface area contributed by atoms with E-state index in [0.29, 0.717) is 4.34 Å². The highest BCUT2D eigenvalue weighted by Crippen LogP contribution is 2.31. The third kappa shape index (κ3) is 3.35. The van der Waals surface area contributed by atoms with E-state index in [1.807, 2.05) is 13.8 Å². The Bertz CT molecular complexity index is 993. The van der Waals surface area contributed by atoms with Crippen LogP contribution >= 0.6 is 22.9 Å². The van der Waals surface area contributed by atoms with E-state index in [0.717, 1.165) is 27.8 Å². The van der Waals surface area contributed by atoms with Gasteiger partial charge in [-0.05, 0) is 35.9 Å². The lowest BCUT2D eigenvalue weighted by atomic mass is 9.85. The van der Waals surface area contributed by atoms with Crippen molar-refractivity contribution >= 4 is 43.9 Å². The Kier molecular flexibility index (Phi) is 4.46. The Morgan fingerprint density at radius 2 is 2.04 bits per heavy atom. The predicted octanol–water partition coefficient (Wildman–Crippen LogP) is 4.28. The van der Waals surface area contributed by atoms with Crippen LogP contribution in [0.15, 0.2) is 40.7 Å². The number of benzene rings is 1. The number of nitrogens with one attached hydrogen (secondary N) is 2. The van der Waals surface area contributed by atoms with Crippen LogP contribution in [0.4, 0.5) is 4.39 Å². The van der Waals surface area contributed by atoms with Crippen LogP contribution in [0.1, 0.15) is 19.4 Å². The number of thiophene rings is 1. The molecule has 0 spiro atoms. The monoisotopic (exact) mass is 386 g/mol. The van der Waals surface area contributed by atoms with Gasteiger partial charge in [0.1, 0.15) is 10.0 Å². The zero-order valence-corrected chi connectivity index (χ0v) is 15.4. The summed E-state index contributed by atoms with van der Waals surface area (Å²) in [4.78, 5) is 3.09. The van der Waals surface area contributed by atoms with Gasteiger partial charge in [-0.2, -0.15) is 0 Å². The molecule has 1 aromatic carbocycles. The fourth-order valence-corrected chi connectivity index (χ4v) is 5.28.